The van der Waals surface area contributed by atoms with Crippen molar-refractivity contribution in [3.63, 3.8) is 0 Å². The summed E-state index contributed by atoms with van der Waals surface area (Å²) in [6.07, 6.45) is 0. The lowest BCUT2D eigenvalue weighted by atomic mass is 9.96. The minimum atomic E-state index is -0.398. The smallest absolute Gasteiger partial charge is 0.337 e. The van der Waals surface area contributed by atoms with Crippen LogP contribution in [-0.4, -0.2) is 18.2 Å². The van der Waals surface area contributed by atoms with Crippen LogP contribution in [0.1, 0.15) is 18.5 Å². The highest BCUT2D eigenvalue weighted by Crippen LogP contribution is 2.28. The van der Waals surface area contributed by atoms with Crippen LogP contribution in [0.25, 0.3) is 0 Å². The van der Waals surface area contributed by atoms with Crippen LogP contribution in [0.5, 0.6) is 0 Å². The zero-order chi connectivity index (χ0) is 14.0. The first-order chi connectivity index (χ1) is 9.02. The van der Waals surface area contributed by atoms with E-state index in [9.17, 15) is 4.79 Å². The van der Waals surface area contributed by atoms with E-state index in [2.05, 4.69) is 10.6 Å². The van der Waals surface area contributed by atoms with E-state index in [4.69, 9.17) is 28.6 Å². The molecule has 0 fully saturated rings. The molecule has 1 aromatic rings. The number of ether oxygens (including phenoxy) is 1. The summed E-state index contributed by atoms with van der Waals surface area (Å²) in [6.45, 7) is 1.79. The highest BCUT2D eigenvalue weighted by Gasteiger charge is 2.30. The van der Waals surface area contributed by atoms with E-state index in [1.165, 1.54) is 7.11 Å². The third-order valence-electron chi connectivity index (χ3n) is 2.86. The van der Waals surface area contributed by atoms with Gasteiger partial charge in [0.1, 0.15) is 0 Å². The van der Waals surface area contributed by atoms with Crippen LogP contribution in [0.4, 0.5) is 0 Å². The Morgan fingerprint density at radius 3 is 2.84 bits per heavy atom. The van der Waals surface area contributed by atoms with Gasteiger partial charge in [0.05, 0.1) is 18.7 Å². The molecule has 4 nitrogen and oxygen atoms in total. The molecule has 1 aromatic carbocycles. The van der Waals surface area contributed by atoms with Gasteiger partial charge in [0, 0.05) is 10.7 Å². The molecule has 19 heavy (non-hydrogen) atoms. The Balaban J connectivity index is 2.49. The summed E-state index contributed by atoms with van der Waals surface area (Å²) in [6, 6.07) is 6.92. The summed E-state index contributed by atoms with van der Waals surface area (Å²) in [7, 11) is 1.35. The molecular formula is C13H13ClN2O2S. The van der Waals surface area contributed by atoms with Crippen molar-refractivity contribution in [1.82, 2.24) is 10.6 Å². The zero-order valence-electron chi connectivity index (χ0n) is 10.5. The maximum Gasteiger partial charge on any atom is 0.337 e. The lowest BCUT2D eigenvalue weighted by molar-refractivity contribution is -0.136. The van der Waals surface area contributed by atoms with E-state index in [0.29, 0.717) is 21.4 Å². The number of rotatable bonds is 2. The van der Waals surface area contributed by atoms with E-state index in [0.717, 1.165) is 5.56 Å². The Morgan fingerprint density at radius 1 is 1.47 bits per heavy atom. The maximum atomic E-state index is 11.9. The average Bonchev–Trinajstić information content (AvgIpc) is 2.37. The average molecular weight is 297 g/mol. The number of esters is 1. The Hall–Kier alpha value is -1.59. The normalized spacial score (nSPS) is 18.7. The van der Waals surface area contributed by atoms with Crippen LogP contribution in [0.15, 0.2) is 35.5 Å². The molecule has 0 aliphatic carbocycles. The molecule has 0 spiro atoms. The molecule has 1 atom stereocenters. The number of nitrogens with one attached hydrogen (secondary N) is 2. The van der Waals surface area contributed by atoms with Gasteiger partial charge in [-0.25, -0.2) is 4.79 Å². The van der Waals surface area contributed by atoms with Crippen molar-refractivity contribution in [2.24, 2.45) is 0 Å². The molecule has 6 heteroatoms. The summed E-state index contributed by atoms with van der Waals surface area (Å²) in [4.78, 5) is 11.9. The lowest BCUT2D eigenvalue weighted by Crippen LogP contribution is -2.45. The standard InChI is InChI=1S/C13H13ClN2O2S/c1-7-10(12(17)18-2)11(16-13(19)15-7)8-4-3-5-9(14)6-8/h3-6,11H,1-2H3,(H2,15,16,19). The largest absolute Gasteiger partial charge is 0.466 e. The van der Waals surface area contributed by atoms with Crippen LogP contribution < -0.4 is 10.6 Å². The number of benzene rings is 1. The van der Waals surface area contributed by atoms with Crippen molar-refractivity contribution >= 4 is 34.9 Å². The summed E-state index contributed by atoms with van der Waals surface area (Å²) >= 11 is 11.1. The number of thiocarbonyl (C=S) groups is 1. The van der Waals surface area contributed by atoms with Gasteiger partial charge in [0.2, 0.25) is 0 Å². The van der Waals surface area contributed by atoms with Gasteiger partial charge in [-0.3, -0.25) is 0 Å². The summed E-state index contributed by atoms with van der Waals surface area (Å²) < 4.78 is 4.82. The number of hydrogen-bond acceptors (Lipinski definition) is 3. The van der Waals surface area contributed by atoms with Crippen molar-refractivity contribution in [2.45, 2.75) is 13.0 Å². The number of carbonyl (C=O) groups is 1. The van der Waals surface area contributed by atoms with Gasteiger partial charge in [-0.2, -0.15) is 0 Å². The Morgan fingerprint density at radius 2 is 2.21 bits per heavy atom. The van der Waals surface area contributed by atoms with Gasteiger partial charge < -0.3 is 15.4 Å². The van der Waals surface area contributed by atoms with Gasteiger partial charge >= 0.3 is 5.97 Å². The maximum absolute atomic E-state index is 11.9. The summed E-state index contributed by atoms with van der Waals surface area (Å²) in [5.74, 6) is -0.398. The van der Waals surface area contributed by atoms with E-state index in [1.54, 1.807) is 19.1 Å². The quantitative estimate of drug-likeness (QED) is 0.648. The lowest BCUT2D eigenvalue weighted by Gasteiger charge is -2.29. The minimum Gasteiger partial charge on any atom is -0.466 e. The first kappa shape index (κ1) is 13.8. The van der Waals surface area contributed by atoms with Gasteiger partial charge in [-0.15, -0.1) is 0 Å². The third kappa shape index (κ3) is 2.88. The van der Waals surface area contributed by atoms with Crippen molar-refractivity contribution in [1.29, 1.82) is 0 Å². The Labute approximate surface area is 121 Å². The van der Waals surface area contributed by atoms with Crippen LogP contribution in [0.3, 0.4) is 0 Å². The van der Waals surface area contributed by atoms with E-state index >= 15 is 0 Å². The third-order valence-corrected chi connectivity index (χ3v) is 3.31. The molecule has 0 aromatic heterocycles. The molecule has 1 heterocycles. The molecule has 0 radical (unpaired) electrons. The van der Waals surface area contributed by atoms with Crippen LogP contribution >= 0.6 is 23.8 Å². The number of halogens is 1. The van der Waals surface area contributed by atoms with Crippen molar-refractivity contribution in [3.8, 4) is 0 Å². The van der Waals surface area contributed by atoms with Crippen LogP contribution in [-0.2, 0) is 9.53 Å². The molecule has 0 amide bonds. The van der Waals surface area contributed by atoms with Crippen LogP contribution in [0, 0.1) is 0 Å². The second kappa shape index (κ2) is 5.59. The molecule has 0 saturated carbocycles. The highest BCUT2D eigenvalue weighted by molar-refractivity contribution is 7.80. The first-order valence-corrected chi connectivity index (χ1v) is 6.43. The minimum absolute atomic E-state index is 0.361. The fraction of sp³-hybridized carbons (Fsp3) is 0.231. The molecule has 1 unspecified atom stereocenters. The van der Waals surface area contributed by atoms with E-state index in [-0.39, 0.29) is 6.04 Å². The van der Waals surface area contributed by atoms with E-state index in [1.807, 2.05) is 12.1 Å². The van der Waals surface area contributed by atoms with Gasteiger partial charge in [0.15, 0.2) is 5.11 Å². The Kier molecular flexibility index (Phi) is 4.07. The summed E-state index contributed by atoms with van der Waals surface area (Å²) in [5, 5.41) is 7.05. The van der Waals surface area contributed by atoms with Crippen LogP contribution in [0.2, 0.25) is 5.02 Å². The van der Waals surface area contributed by atoms with Crippen molar-refractivity contribution in [3.05, 3.63) is 46.1 Å². The topological polar surface area (TPSA) is 50.4 Å². The fourth-order valence-electron chi connectivity index (χ4n) is 2.01. The number of carbonyl (C=O) groups excluding carboxylic acids is 1. The number of methoxy groups -OCH3 is 1. The SMILES string of the molecule is COC(=O)C1=C(C)NC(=S)NC1c1cccc(Cl)c1. The number of hydrogen-bond donors (Lipinski definition) is 2. The fourth-order valence-corrected chi connectivity index (χ4v) is 2.48. The predicted molar refractivity (Wildman–Crippen MR) is 77.8 cm³/mol. The number of allylic oxidation sites excluding steroid dienone is 1. The second-order valence-corrected chi connectivity index (χ2v) is 4.96. The second-order valence-electron chi connectivity index (χ2n) is 4.12. The molecule has 1 aliphatic heterocycles. The van der Waals surface area contributed by atoms with Gasteiger partial charge in [-0.1, -0.05) is 23.7 Å². The highest BCUT2D eigenvalue weighted by atomic mass is 35.5. The van der Waals surface area contributed by atoms with Crippen molar-refractivity contribution < 1.29 is 9.53 Å². The predicted octanol–water partition coefficient (Wildman–Crippen LogP) is 2.31. The first-order valence-electron chi connectivity index (χ1n) is 5.65. The molecule has 1 aliphatic rings. The monoisotopic (exact) mass is 296 g/mol. The molecular weight excluding hydrogens is 284 g/mol. The van der Waals surface area contributed by atoms with Crippen molar-refractivity contribution in [2.75, 3.05) is 7.11 Å². The molecule has 100 valence electrons. The molecule has 0 saturated heterocycles. The molecule has 2 N–H and O–H groups in total. The Bertz CT molecular complexity index is 572. The summed E-state index contributed by atoms with van der Waals surface area (Å²) in [5.41, 5.74) is 2.04. The molecule has 0 bridgehead atoms. The van der Waals surface area contributed by atoms with E-state index < -0.39 is 5.97 Å². The zero-order valence-corrected chi connectivity index (χ0v) is 12.1. The van der Waals surface area contributed by atoms with Gasteiger partial charge in [0.25, 0.3) is 0 Å². The molecule has 2 rings (SSSR count). The van der Waals surface area contributed by atoms with Gasteiger partial charge in [-0.05, 0) is 36.8 Å².